The van der Waals surface area contributed by atoms with Crippen LogP contribution in [-0.4, -0.2) is 0 Å². The first-order chi connectivity index (χ1) is 25.6. The molecule has 6 aromatic rings. The van der Waals surface area contributed by atoms with Crippen LogP contribution in [-0.2, 0) is 5.41 Å². The third-order valence-electron chi connectivity index (χ3n) is 12.7. The molecule has 0 unspecified atom stereocenters. The quantitative estimate of drug-likeness (QED) is 0.163. The van der Waals surface area contributed by atoms with Gasteiger partial charge in [-0.25, -0.2) is 0 Å². The maximum atomic E-state index is 2.55. The van der Waals surface area contributed by atoms with E-state index in [1.54, 1.807) is 0 Å². The van der Waals surface area contributed by atoms with E-state index in [0.717, 1.165) is 0 Å². The Kier molecular flexibility index (Phi) is 8.83. The third kappa shape index (κ3) is 5.99. The van der Waals surface area contributed by atoms with E-state index in [4.69, 9.17) is 0 Å². The summed E-state index contributed by atoms with van der Waals surface area (Å²) in [6.07, 6.45) is 13.4. The van der Waals surface area contributed by atoms with Crippen molar-refractivity contribution in [3.63, 3.8) is 0 Å². The van der Waals surface area contributed by atoms with Crippen molar-refractivity contribution in [2.24, 2.45) is 0 Å². The van der Waals surface area contributed by atoms with Gasteiger partial charge in [0.05, 0.1) is 5.69 Å². The zero-order chi connectivity index (χ0) is 35.1. The molecule has 9 rings (SSSR count). The van der Waals surface area contributed by atoms with Crippen molar-refractivity contribution >= 4 is 17.1 Å². The molecule has 0 bridgehead atoms. The van der Waals surface area contributed by atoms with Crippen LogP contribution in [0.5, 0.6) is 0 Å². The molecule has 0 heterocycles. The van der Waals surface area contributed by atoms with Crippen molar-refractivity contribution in [3.05, 3.63) is 162 Å². The van der Waals surface area contributed by atoms with Crippen LogP contribution >= 0.6 is 0 Å². The Morgan fingerprint density at radius 3 is 1.46 bits per heavy atom. The Labute approximate surface area is 311 Å². The highest BCUT2D eigenvalue weighted by atomic mass is 15.1. The van der Waals surface area contributed by atoms with Crippen molar-refractivity contribution in [1.82, 2.24) is 0 Å². The number of benzene rings is 6. The first kappa shape index (κ1) is 33.0. The summed E-state index contributed by atoms with van der Waals surface area (Å²) in [6.45, 7) is 4.83. The van der Waals surface area contributed by atoms with E-state index in [-0.39, 0.29) is 5.41 Å². The third-order valence-corrected chi connectivity index (χ3v) is 12.7. The second-order valence-corrected chi connectivity index (χ2v) is 16.2. The van der Waals surface area contributed by atoms with Crippen molar-refractivity contribution in [3.8, 4) is 33.4 Å². The molecular weight excluding hydrogens is 627 g/mol. The van der Waals surface area contributed by atoms with Gasteiger partial charge in [0, 0.05) is 22.4 Å². The molecule has 0 amide bonds. The van der Waals surface area contributed by atoms with Crippen LogP contribution in [0.3, 0.4) is 0 Å². The van der Waals surface area contributed by atoms with Gasteiger partial charge >= 0.3 is 0 Å². The molecule has 1 nitrogen and oxygen atoms in total. The number of rotatable bonds is 7. The van der Waals surface area contributed by atoms with Crippen molar-refractivity contribution in [2.45, 2.75) is 95.3 Å². The van der Waals surface area contributed by atoms with Gasteiger partial charge in [-0.1, -0.05) is 156 Å². The maximum absolute atomic E-state index is 2.55. The van der Waals surface area contributed by atoms with Gasteiger partial charge in [0.2, 0.25) is 0 Å². The van der Waals surface area contributed by atoms with E-state index >= 15 is 0 Å². The molecule has 0 radical (unpaired) electrons. The Bertz CT molecular complexity index is 2080. The minimum Gasteiger partial charge on any atom is -0.310 e. The minimum atomic E-state index is -0.152. The lowest BCUT2D eigenvalue weighted by Crippen LogP contribution is -2.17. The number of fused-ring (bicyclic) bond motifs is 3. The van der Waals surface area contributed by atoms with E-state index in [9.17, 15) is 0 Å². The average molecular weight is 678 g/mol. The van der Waals surface area contributed by atoms with Crippen molar-refractivity contribution in [2.75, 3.05) is 4.90 Å². The highest BCUT2D eigenvalue weighted by Gasteiger charge is 2.38. The summed E-state index contributed by atoms with van der Waals surface area (Å²) in [6, 6.07) is 53.3. The number of nitrogens with zero attached hydrogens (tertiary/aromatic N) is 1. The molecule has 2 fully saturated rings. The summed E-state index contributed by atoms with van der Waals surface area (Å²) in [4.78, 5) is 2.55. The van der Waals surface area contributed by atoms with Gasteiger partial charge in [-0.15, -0.1) is 0 Å². The Hall–Kier alpha value is -4.88. The molecule has 260 valence electrons. The molecule has 52 heavy (non-hydrogen) atoms. The van der Waals surface area contributed by atoms with E-state index < -0.39 is 0 Å². The molecule has 6 aromatic carbocycles. The van der Waals surface area contributed by atoms with Gasteiger partial charge in [0.25, 0.3) is 0 Å². The lowest BCUT2D eigenvalue weighted by atomic mass is 9.81. The van der Waals surface area contributed by atoms with E-state index in [1.807, 2.05) is 0 Å². The van der Waals surface area contributed by atoms with Gasteiger partial charge in [0.1, 0.15) is 0 Å². The lowest BCUT2D eigenvalue weighted by molar-refractivity contribution is 0.443. The zero-order valence-electron chi connectivity index (χ0n) is 31.0. The molecule has 2 saturated carbocycles. The second-order valence-electron chi connectivity index (χ2n) is 16.2. The summed E-state index contributed by atoms with van der Waals surface area (Å²) in [7, 11) is 0. The fourth-order valence-corrected chi connectivity index (χ4v) is 9.80. The van der Waals surface area contributed by atoms with E-state index in [2.05, 4.69) is 158 Å². The van der Waals surface area contributed by atoms with Crippen molar-refractivity contribution < 1.29 is 0 Å². The number of hydrogen-bond donors (Lipinski definition) is 0. The molecule has 0 aliphatic heterocycles. The van der Waals surface area contributed by atoms with Gasteiger partial charge < -0.3 is 4.90 Å². The summed E-state index contributed by atoms with van der Waals surface area (Å²) in [5.41, 5.74) is 17.1. The largest absolute Gasteiger partial charge is 0.310 e. The number of anilines is 3. The normalized spacial score (nSPS) is 17.0. The average Bonchev–Trinajstić information content (AvgIpc) is 3.44. The van der Waals surface area contributed by atoms with Crippen LogP contribution in [0.4, 0.5) is 17.1 Å². The van der Waals surface area contributed by atoms with Crippen molar-refractivity contribution in [1.29, 1.82) is 0 Å². The fourth-order valence-electron chi connectivity index (χ4n) is 9.80. The first-order valence-electron chi connectivity index (χ1n) is 20.0. The predicted octanol–water partition coefficient (Wildman–Crippen LogP) is 14.9. The maximum Gasteiger partial charge on any atom is 0.0543 e. The molecule has 0 aromatic heterocycles. The lowest BCUT2D eigenvalue weighted by Gasteiger charge is -2.31. The van der Waals surface area contributed by atoms with E-state index in [0.29, 0.717) is 11.8 Å². The Balaban J connectivity index is 1.24. The summed E-state index contributed by atoms with van der Waals surface area (Å²) < 4.78 is 0. The SMILES string of the molecule is CC1(C)c2cc(N(c3ccc(C4CCCCC4)cc3)c3ccc(C4CCCCC4)cc3)c(-c3ccccc3)cc2-c2c(-c3ccccc3)cccc21. The van der Waals surface area contributed by atoms with Crippen LogP contribution in [0.25, 0.3) is 33.4 Å². The summed E-state index contributed by atoms with van der Waals surface area (Å²) >= 11 is 0. The van der Waals surface area contributed by atoms with E-state index in [1.165, 1.54) is 137 Å². The molecule has 1 heteroatoms. The highest BCUT2D eigenvalue weighted by Crippen LogP contribution is 2.56. The zero-order valence-corrected chi connectivity index (χ0v) is 31.0. The Morgan fingerprint density at radius 2 is 0.942 bits per heavy atom. The second kappa shape index (κ2) is 13.9. The fraction of sp³-hybridized carbons (Fsp3) is 0.294. The van der Waals surface area contributed by atoms with Crippen LogP contribution in [0.1, 0.15) is 112 Å². The molecule has 0 saturated heterocycles. The van der Waals surface area contributed by atoms with Gasteiger partial charge in [-0.2, -0.15) is 0 Å². The number of hydrogen-bond acceptors (Lipinski definition) is 1. The molecule has 0 spiro atoms. The Morgan fingerprint density at radius 1 is 0.442 bits per heavy atom. The predicted molar refractivity (Wildman–Crippen MR) is 221 cm³/mol. The molecule has 3 aliphatic rings. The highest BCUT2D eigenvalue weighted by molar-refractivity contribution is 5.98. The smallest absolute Gasteiger partial charge is 0.0543 e. The monoisotopic (exact) mass is 677 g/mol. The van der Waals surface area contributed by atoms with Crippen LogP contribution in [0, 0.1) is 0 Å². The van der Waals surface area contributed by atoms with Crippen LogP contribution in [0.2, 0.25) is 0 Å². The minimum absolute atomic E-state index is 0.152. The van der Waals surface area contributed by atoms with Crippen LogP contribution in [0.15, 0.2) is 140 Å². The standard InChI is InChI=1S/C51H51N/c1-51(2)47-25-15-24-44(40-20-11-5-12-21-40)50(47)46-34-45(41-22-13-6-14-23-41)49(35-48(46)51)52(42-30-26-38(27-31-42)36-16-7-3-8-17-36)43-32-28-39(29-33-43)37-18-9-4-10-19-37/h5-6,11-15,20-37H,3-4,7-10,16-19H2,1-2H3. The first-order valence-corrected chi connectivity index (χ1v) is 20.0. The molecule has 0 N–H and O–H groups in total. The van der Waals surface area contributed by atoms with Gasteiger partial charge in [-0.05, 0) is 124 Å². The summed E-state index contributed by atoms with van der Waals surface area (Å²) in [5.74, 6) is 1.37. The molecule has 3 aliphatic carbocycles. The molecule has 0 atom stereocenters. The topological polar surface area (TPSA) is 3.24 Å². The van der Waals surface area contributed by atoms with Gasteiger partial charge in [-0.3, -0.25) is 0 Å². The van der Waals surface area contributed by atoms with Gasteiger partial charge in [0.15, 0.2) is 0 Å². The molecular formula is C51H51N. The van der Waals surface area contributed by atoms with Crippen LogP contribution < -0.4 is 4.90 Å². The summed E-state index contributed by atoms with van der Waals surface area (Å²) in [5, 5.41) is 0.